The highest BCUT2D eigenvalue weighted by molar-refractivity contribution is 5.83. The standard InChI is InChI=1S/C18H28N4O4/c1-5-22-9-13(15-16(22)17(24-4)20-12-19-15)8-21(6-7-23)10-14-11-25-18(2,3)26-14/h9,12,14,23H,5-8,10-11H2,1-4H3/t14-/m1/s1. The van der Waals surface area contributed by atoms with E-state index in [1.807, 2.05) is 13.8 Å². The van der Waals surface area contributed by atoms with Crippen LogP contribution < -0.4 is 4.74 Å². The van der Waals surface area contributed by atoms with Crippen molar-refractivity contribution >= 4 is 11.0 Å². The lowest BCUT2D eigenvalue weighted by atomic mass is 10.2. The summed E-state index contributed by atoms with van der Waals surface area (Å²) in [7, 11) is 1.62. The van der Waals surface area contributed by atoms with E-state index in [2.05, 4.69) is 32.6 Å². The zero-order valence-electron chi connectivity index (χ0n) is 15.9. The minimum Gasteiger partial charge on any atom is -0.479 e. The average molecular weight is 364 g/mol. The SMILES string of the molecule is CCn1cc(CN(CCO)C[C@@H]2COC(C)(C)O2)c2ncnc(OC)c21. The van der Waals surface area contributed by atoms with Crippen LogP contribution >= 0.6 is 0 Å². The third-order valence-corrected chi connectivity index (χ3v) is 4.57. The third-order valence-electron chi connectivity index (χ3n) is 4.57. The minimum absolute atomic E-state index is 0.0137. The summed E-state index contributed by atoms with van der Waals surface area (Å²) in [5.74, 6) is 0.0278. The Labute approximate surface area is 153 Å². The number of rotatable bonds is 8. The number of hydrogen-bond donors (Lipinski definition) is 1. The predicted molar refractivity (Wildman–Crippen MR) is 97.0 cm³/mol. The van der Waals surface area contributed by atoms with Crippen molar-refractivity contribution in [3.63, 3.8) is 0 Å². The Kier molecular flexibility index (Phi) is 5.76. The van der Waals surface area contributed by atoms with Gasteiger partial charge in [-0.1, -0.05) is 0 Å². The summed E-state index contributed by atoms with van der Waals surface area (Å²) in [6, 6.07) is 0. The van der Waals surface area contributed by atoms with E-state index in [0.29, 0.717) is 32.1 Å². The van der Waals surface area contributed by atoms with Gasteiger partial charge in [0.25, 0.3) is 0 Å². The maximum absolute atomic E-state index is 9.47. The second-order valence-corrected chi connectivity index (χ2v) is 6.93. The Morgan fingerprint density at radius 1 is 1.42 bits per heavy atom. The minimum atomic E-state index is -0.547. The Balaban J connectivity index is 1.83. The first-order chi connectivity index (χ1) is 12.5. The van der Waals surface area contributed by atoms with E-state index in [1.54, 1.807) is 7.11 Å². The second-order valence-electron chi connectivity index (χ2n) is 6.93. The van der Waals surface area contributed by atoms with Crippen LogP contribution in [0.3, 0.4) is 0 Å². The summed E-state index contributed by atoms with van der Waals surface area (Å²) >= 11 is 0. The quantitative estimate of drug-likeness (QED) is 0.758. The van der Waals surface area contributed by atoms with Crippen molar-refractivity contribution < 1.29 is 19.3 Å². The zero-order chi connectivity index (χ0) is 18.7. The fourth-order valence-corrected chi connectivity index (χ4v) is 3.44. The molecular formula is C18H28N4O4. The molecule has 0 aromatic carbocycles. The summed E-state index contributed by atoms with van der Waals surface area (Å²) < 4.78 is 19.1. The van der Waals surface area contributed by atoms with Crippen molar-refractivity contribution in [3.05, 3.63) is 18.1 Å². The van der Waals surface area contributed by atoms with Crippen LogP contribution in [0.25, 0.3) is 11.0 Å². The number of aryl methyl sites for hydroxylation is 1. The van der Waals surface area contributed by atoms with Gasteiger partial charge >= 0.3 is 0 Å². The van der Waals surface area contributed by atoms with Gasteiger partial charge < -0.3 is 23.9 Å². The number of fused-ring (bicyclic) bond motifs is 1. The molecule has 1 aliphatic heterocycles. The van der Waals surface area contributed by atoms with Gasteiger partial charge in [-0.15, -0.1) is 0 Å². The van der Waals surface area contributed by atoms with E-state index in [0.717, 1.165) is 23.1 Å². The molecule has 2 aromatic heterocycles. The average Bonchev–Trinajstić information content (AvgIpc) is 3.14. The summed E-state index contributed by atoms with van der Waals surface area (Å²) in [5, 5.41) is 9.47. The van der Waals surface area contributed by atoms with Gasteiger partial charge in [-0.3, -0.25) is 4.90 Å². The highest BCUT2D eigenvalue weighted by Gasteiger charge is 2.33. The van der Waals surface area contributed by atoms with Crippen LogP contribution in [0.4, 0.5) is 0 Å². The van der Waals surface area contributed by atoms with Crippen LogP contribution in [0.2, 0.25) is 0 Å². The van der Waals surface area contributed by atoms with Crippen LogP contribution in [0, 0.1) is 0 Å². The molecule has 1 N–H and O–H groups in total. The summed E-state index contributed by atoms with van der Waals surface area (Å²) in [4.78, 5) is 10.9. The number of nitrogens with zero attached hydrogens (tertiary/aromatic N) is 4. The molecule has 3 rings (SSSR count). The monoisotopic (exact) mass is 364 g/mol. The van der Waals surface area contributed by atoms with Crippen LogP contribution in [-0.2, 0) is 22.6 Å². The first kappa shape index (κ1) is 19.0. The normalized spacial score (nSPS) is 19.5. The van der Waals surface area contributed by atoms with Crippen molar-refractivity contribution in [2.24, 2.45) is 0 Å². The lowest BCUT2D eigenvalue weighted by Gasteiger charge is -2.24. The molecule has 8 heteroatoms. The molecule has 0 spiro atoms. The molecular weight excluding hydrogens is 336 g/mol. The van der Waals surface area contributed by atoms with Gasteiger partial charge in [0.15, 0.2) is 5.79 Å². The molecule has 2 aromatic rings. The van der Waals surface area contributed by atoms with Crippen molar-refractivity contribution in [1.29, 1.82) is 0 Å². The molecule has 1 aliphatic rings. The van der Waals surface area contributed by atoms with Gasteiger partial charge in [0.2, 0.25) is 5.88 Å². The van der Waals surface area contributed by atoms with Crippen LogP contribution in [0.5, 0.6) is 5.88 Å². The van der Waals surface area contributed by atoms with E-state index in [4.69, 9.17) is 14.2 Å². The Hall–Kier alpha value is -1.74. The zero-order valence-corrected chi connectivity index (χ0v) is 15.9. The van der Waals surface area contributed by atoms with Crippen molar-refractivity contribution in [3.8, 4) is 5.88 Å². The number of aliphatic hydroxyl groups excluding tert-OH is 1. The van der Waals surface area contributed by atoms with E-state index < -0.39 is 5.79 Å². The van der Waals surface area contributed by atoms with Gasteiger partial charge in [-0.2, -0.15) is 4.98 Å². The number of ether oxygens (including phenoxy) is 3. The summed E-state index contributed by atoms with van der Waals surface area (Å²) in [5.41, 5.74) is 2.86. The molecule has 1 saturated heterocycles. The largest absolute Gasteiger partial charge is 0.479 e. The molecule has 144 valence electrons. The van der Waals surface area contributed by atoms with Crippen molar-refractivity contribution in [2.45, 2.75) is 45.8 Å². The van der Waals surface area contributed by atoms with E-state index in [1.165, 1.54) is 6.33 Å². The molecule has 0 saturated carbocycles. The first-order valence-electron chi connectivity index (χ1n) is 8.99. The highest BCUT2D eigenvalue weighted by Crippen LogP contribution is 2.28. The lowest BCUT2D eigenvalue weighted by molar-refractivity contribution is -0.140. The molecule has 0 aliphatic carbocycles. The van der Waals surface area contributed by atoms with Gasteiger partial charge in [0, 0.05) is 37.9 Å². The first-order valence-corrected chi connectivity index (χ1v) is 8.99. The van der Waals surface area contributed by atoms with Gasteiger partial charge in [0.1, 0.15) is 17.4 Å². The van der Waals surface area contributed by atoms with Gasteiger partial charge in [0.05, 0.1) is 26.4 Å². The molecule has 0 amide bonds. The van der Waals surface area contributed by atoms with Gasteiger partial charge in [-0.25, -0.2) is 4.98 Å². The van der Waals surface area contributed by atoms with Crippen molar-refractivity contribution in [1.82, 2.24) is 19.4 Å². The Morgan fingerprint density at radius 3 is 2.85 bits per heavy atom. The molecule has 1 atom stereocenters. The van der Waals surface area contributed by atoms with Crippen LogP contribution in [-0.4, -0.2) is 69.8 Å². The summed E-state index contributed by atoms with van der Waals surface area (Å²) in [6.07, 6.45) is 3.60. The number of aromatic nitrogens is 3. The molecule has 0 bridgehead atoms. The Bertz CT molecular complexity index is 746. The number of methoxy groups -OCH3 is 1. The molecule has 26 heavy (non-hydrogen) atoms. The molecule has 3 heterocycles. The lowest BCUT2D eigenvalue weighted by Crippen LogP contribution is -2.36. The van der Waals surface area contributed by atoms with Gasteiger partial charge in [-0.05, 0) is 20.8 Å². The van der Waals surface area contributed by atoms with Crippen molar-refractivity contribution in [2.75, 3.05) is 33.4 Å². The van der Waals surface area contributed by atoms with E-state index in [9.17, 15) is 5.11 Å². The Morgan fingerprint density at radius 2 is 2.23 bits per heavy atom. The topological polar surface area (TPSA) is 81.9 Å². The fourth-order valence-electron chi connectivity index (χ4n) is 3.44. The van der Waals surface area contributed by atoms with E-state index >= 15 is 0 Å². The predicted octanol–water partition coefficient (Wildman–Crippen LogP) is 1.41. The maximum atomic E-state index is 9.47. The molecule has 0 radical (unpaired) electrons. The summed E-state index contributed by atoms with van der Waals surface area (Å²) in [6.45, 7) is 9.25. The molecule has 8 nitrogen and oxygen atoms in total. The maximum Gasteiger partial charge on any atom is 0.241 e. The fraction of sp³-hybridized carbons (Fsp3) is 0.667. The highest BCUT2D eigenvalue weighted by atomic mass is 16.7. The van der Waals surface area contributed by atoms with E-state index in [-0.39, 0.29) is 12.7 Å². The van der Waals surface area contributed by atoms with Crippen LogP contribution in [0.1, 0.15) is 26.3 Å². The second kappa shape index (κ2) is 7.87. The smallest absolute Gasteiger partial charge is 0.241 e. The molecule has 0 unspecified atom stereocenters. The number of hydrogen-bond acceptors (Lipinski definition) is 7. The molecule has 1 fully saturated rings. The van der Waals surface area contributed by atoms with Crippen LogP contribution in [0.15, 0.2) is 12.5 Å². The third kappa shape index (κ3) is 3.98. The number of aliphatic hydroxyl groups is 1.